The van der Waals surface area contributed by atoms with E-state index in [0.717, 1.165) is 37.7 Å². The molecule has 0 amide bonds. The smallest absolute Gasteiger partial charge is 0.127 e. The average molecular weight is 292 g/mol. The van der Waals surface area contributed by atoms with Crippen LogP contribution in [0, 0.1) is 0 Å². The molecule has 118 valence electrons. The summed E-state index contributed by atoms with van der Waals surface area (Å²) in [4.78, 5) is 2.49. The highest BCUT2D eigenvalue weighted by atomic mass is 16.5. The van der Waals surface area contributed by atoms with Gasteiger partial charge in [0.05, 0.1) is 7.11 Å². The van der Waals surface area contributed by atoms with Crippen molar-refractivity contribution in [3.05, 3.63) is 23.8 Å². The summed E-state index contributed by atoms with van der Waals surface area (Å²) in [6.07, 6.45) is 4.02. The number of piperidine rings is 1. The van der Waals surface area contributed by atoms with Crippen molar-refractivity contribution in [3.8, 4) is 11.5 Å². The number of ether oxygens (including phenoxy) is 2. The van der Waals surface area contributed by atoms with Gasteiger partial charge < -0.3 is 14.8 Å². The molecule has 1 aliphatic heterocycles. The van der Waals surface area contributed by atoms with Crippen LogP contribution in [0.15, 0.2) is 18.2 Å². The van der Waals surface area contributed by atoms with Crippen molar-refractivity contribution >= 4 is 0 Å². The average Bonchev–Trinajstić information content (AvgIpc) is 2.54. The number of hydrogen-bond donors (Lipinski definition) is 1. The summed E-state index contributed by atoms with van der Waals surface area (Å²) in [7, 11) is 1.69. The van der Waals surface area contributed by atoms with E-state index in [-0.39, 0.29) is 0 Å². The quantitative estimate of drug-likeness (QED) is 0.799. The fourth-order valence-corrected chi connectivity index (χ4v) is 2.67. The van der Waals surface area contributed by atoms with Crippen LogP contribution in [0.2, 0.25) is 0 Å². The third kappa shape index (κ3) is 5.21. The molecule has 1 fully saturated rings. The van der Waals surface area contributed by atoms with Gasteiger partial charge in [-0.05, 0) is 38.5 Å². The van der Waals surface area contributed by atoms with Gasteiger partial charge >= 0.3 is 0 Å². The Hall–Kier alpha value is -1.26. The van der Waals surface area contributed by atoms with Gasteiger partial charge in [0.25, 0.3) is 0 Å². The zero-order valence-corrected chi connectivity index (χ0v) is 13.4. The molecule has 0 radical (unpaired) electrons. The van der Waals surface area contributed by atoms with E-state index in [9.17, 15) is 0 Å². The Kier molecular flexibility index (Phi) is 6.83. The van der Waals surface area contributed by atoms with Crippen molar-refractivity contribution in [3.63, 3.8) is 0 Å². The first-order valence-electron chi connectivity index (χ1n) is 8.06. The van der Waals surface area contributed by atoms with Crippen molar-refractivity contribution in [2.45, 2.75) is 32.7 Å². The monoisotopic (exact) mass is 292 g/mol. The molecule has 1 aromatic carbocycles. The first kappa shape index (κ1) is 16.1. The molecule has 0 spiro atoms. The topological polar surface area (TPSA) is 33.7 Å². The second kappa shape index (κ2) is 8.90. The Balaban J connectivity index is 1.89. The second-order valence-corrected chi connectivity index (χ2v) is 5.50. The van der Waals surface area contributed by atoms with Crippen molar-refractivity contribution in [1.82, 2.24) is 10.2 Å². The summed E-state index contributed by atoms with van der Waals surface area (Å²) in [6, 6.07) is 6.06. The maximum atomic E-state index is 6.02. The van der Waals surface area contributed by atoms with Crippen LogP contribution in [0.25, 0.3) is 0 Å². The molecule has 0 aliphatic carbocycles. The number of nitrogens with zero attached hydrogens (tertiary/aromatic N) is 1. The minimum Gasteiger partial charge on any atom is -0.497 e. The van der Waals surface area contributed by atoms with E-state index in [1.165, 1.54) is 37.9 Å². The molecule has 0 atom stereocenters. The summed E-state index contributed by atoms with van der Waals surface area (Å²) in [5.41, 5.74) is 1.19. The molecule has 0 saturated carbocycles. The molecule has 1 saturated heterocycles. The van der Waals surface area contributed by atoms with Crippen molar-refractivity contribution in [2.24, 2.45) is 0 Å². The van der Waals surface area contributed by atoms with Crippen molar-refractivity contribution in [2.75, 3.05) is 39.9 Å². The van der Waals surface area contributed by atoms with Gasteiger partial charge in [-0.25, -0.2) is 0 Å². The van der Waals surface area contributed by atoms with Gasteiger partial charge in [0.15, 0.2) is 0 Å². The first-order chi connectivity index (χ1) is 10.3. The highest BCUT2D eigenvalue weighted by Crippen LogP contribution is 2.25. The molecule has 2 rings (SSSR count). The third-order valence-electron chi connectivity index (χ3n) is 3.95. The second-order valence-electron chi connectivity index (χ2n) is 5.50. The molecule has 4 heteroatoms. The van der Waals surface area contributed by atoms with Crippen LogP contribution < -0.4 is 14.8 Å². The van der Waals surface area contributed by atoms with Crippen LogP contribution in [-0.2, 0) is 6.54 Å². The maximum absolute atomic E-state index is 6.02. The molecule has 1 N–H and O–H groups in total. The molecule has 4 nitrogen and oxygen atoms in total. The van der Waals surface area contributed by atoms with Crippen LogP contribution in [0.4, 0.5) is 0 Å². The number of benzene rings is 1. The molecular formula is C17H28N2O2. The Morgan fingerprint density at radius 3 is 2.71 bits per heavy atom. The van der Waals surface area contributed by atoms with E-state index in [1.807, 2.05) is 12.1 Å². The Morgan fingerprint density at radius 1 is 1.19 bits per heavy atom. The molecule has 0 bridgehead atoms. The molecule has 1 heterocycles. The van der Waals surface area contributed by atoms with Crippen LogP contribution in [0.3, 0.4) is 0 Å². The molecule has 0 aromatic heterocycles. The Labute approximate surface area is 128 Å². The summed E-state index contributed by atoms with van der Waals surface area (Å²) in [5.74, 6) is 1.79. The normalized spacial score (nSPS) is 15.9. The SMILES string of the molecule is CCNCc1ccc(OC)cc1OCCN1CCCCC1. The Morgan fingerprint density at radius 2 is 2.00 bits per heavy atom. The van der Waals surface area contributed by atoms with Crippen LogP contribution in [0.5, 0.6) is 11.5 Å². The zero-order valence-electron chi connectivity index (χ0n) is 13.4. The van der Waals surface area contributed by atoms with E-state index in [2.05, 4.69) is 23.2 Å². The highest BCUT2D eigenvalue weighted by Gasteiger charge is 2.11. The largest absolute Gasteiger partial charge is 0.497 e. The first-order valence-corrected chi connectivity index (χ1v) is 8.06. The lowest BCUT2D eigenvalue weighted by atomic mass is 10.1. The lowest BCUT2D eigenvalue weighted by molar-refractivity contribution is 0.182. The predicted molar refractivity (Wildman–Crippen MR) is 86.2 cm³/mol. The van der Waals surface area contributed by atoms with E-state index < -0.39 is 0 Å². The summed E-state index contributed by atoms with van der Waals surface area (Å²) >= 11 is 0. The molecule has 1 aromatic rings. The Bertz CT molecular complexity index is 417. The lowest BCUT2D eigenvalue weighted by Crippen LogP contribution is -2.33. The molecule has 21 heavy (non-hydrogen) atoms. The van der Waals surface area contributed by atoms with Gasteiger partial charge in [-0.15, -0.1) is 0 Å². The van der Waals surface area contributed by atoms with Gasteiger partial charge in [0, 0.05) is 24.7 Å². The number of likely N-dealkylation sites (tertiary alicyclic amines) is 1. The van der Waals surface area contributed by atoms with E-state index >= 15 is 0 Å². The predicted octanol–water partition coefficient (Wildman–Crippen LogP) is 2.67. The number of nitrogens with one attached hydrogen (secondary N) is 1. The zero-order chi connectivity index (χ0) is 14.9. The van der Waals surface area contributed by atoms with E-state index in [1.54, 1.807) is 7.11 Å². The minimum atomic E-state index is 0.742. The van der Waals surface area contributed by atoms with Crippen LogP contribution >= 0.6 is 0 Å². The van der Waals surface area contributed by atoms with Gasteiger partial charge in [-0.1, -0.05) is 19.4 Å². The lowest BCUT2D eigenvalue weighted by Gasteiger charge is -2.26. The van der Waals surface area contributed by atoms with Gasteiger partial charge in [-0.2, -0.15) is 0 Å². The van der Waals surface area contributed by atoms with Gasteiger partial charge in [0.1, 0.15) is 18.1 Å². The van der Waals surface area contributed by atoms with Gasteiger partial charge in [0.2, 0.25) is 0 Å². The van der Waals surface area contributed by atoms with E-state index in [4.69, 9.17) is 9.47 Å². The fraction of sp³-hybridized carbons (Fsp3) is 0.647. The molecule has 0 unspecified atom stereocenters. The summed E-state index contributed by atoms with van der Waals surface area (Å²) in [5, 5.41) is 3.35. The molecular weight excluding hydrogens is 264 g/mol. The maximum Gasteiger partial charge on any atom is 0.127 e. The van der Waals surface area contributed by atoms with Gasteiger partial charge in [-0.3, -0.25) is 4.90 Å². The number of hydrogen-bond acceptors (Lipinski definition) is 4. The van der Waals surface area contributed by atoms with Crippen molar-refractivity contribution in [1.29, 1.82) is 0 Å². The van der Waals surface area contributed by atoms with E-state index in [0.29, 0.717) is 0 Å². The number of methoxy groups -OCH3 is 1. The van der Waals surface area contributed by atoms with Crippen LogP contribution in [-0.4, -0.2) is 44.8 Å². The van der Waals surface area contributed by atoms with Crippen molar-refractivity contribution < 1.29 is 9.47 Å². The highest BCUT2D eigenvalue weighted by molar-refractivity contribution is 5.40. The minimum absolute atomic E-state index is 0.742. The third-order valence-corrected chi connectivity index (χ3v) is 3.95. The summed E-state index contributed by atoms with van der Waals surface area (Å²) < 4.78 is 11.3. The standard InChI is InChI=1S/C17H28N2O2/c1-3-18-14-15-7-8-16(20-2)13-17(15)21-12-11-19-9-5-4-6-10-19/h7-8,13,18H,3-6,9-12,14H2,1-2H3. The molecule has 1 aliphatic rings. The number of rotatable bonds is 8. The van der Waals surface area contributed by atoms with Crippen LogP contribution in [0.1, 0.15) is 31.7 Å². The fourth-order valence-electron chi connectivity index (χ4n) is 2.67. The summed E-state index contributed by atoms with van der Waals surface area (Å²) in [6.45, 7) is 8.08.